The summed E-state index contributed by atoms with van der Waals surface area (Å²) >= 11 is 11.9. The molecular formula is C12H12Cl2O2. The molecule has 0 saturated heterocycles. The lowest BCUT2D eigenvalue weighted by atomic mass is 10.1. The summed E-state index contributed by atoms with van der Waals surface area (Å²) in [4.78, 5) is 0. The molecule has 0 radical (unpaired) electrons. The van der Waals surface area contributed by atoms with E-state index in [1.165, 1.54) is 0 Å². The van der Waals surface area contributed by atoms with Crippen molar-refractivity contribution < 1.29 is 9.52 Å². The van der Waals surface area contributed by atoms with Crippen LogP contribution in [0.1, 0.15) is 25.7 Å². The number of rotatable bonds is 2. The van der Waals surface area contributed by atoms with Gasteiger partial charge in [0.2, 0.25) is 0 Å². The maximum absolute atomic E-state index is 9.89. The molecule has 0 amide bonds. The molecule has 16 heavy (non-hydrogen) atoms. The number of benzene rings is 1. The molecule has 4 heteroatoms. The Morgan fingerprint density at radius 3 is 2.50 bits per heavy atom. The standard InChI is InChI=1S/C12H12Cl2O2/c1-6(2)12(15)11-5-8-9(14)3-7(13)4-10(8)16-11/h3-6,12,15H,1-2H3. The molecule has 1 N–H and O–H groups in total. The molecule has 86 valence electrons. The molecule has 1 atom stereocenters. The zero-order chi connectivity index (χ0) is 11.9. The maximum atomic E-state index is 9.89. The second-order valence-electron chi connectivity index (χ2n) is 4.14. The molecule has 0 aliphatic carbocycles. The summed E-state index contributed by atoms with van der Waals surface area (Å²) in [5.74, 6) is 0.615. The van der Waals surface area contributed by atoms with Crippen LogP contribution in [0.2, 0.25) is 10.0 Å². The summed E-state index contributed by atoms with van der Waals surface area (Å²) in [5.41, 5.74) is 0.604. The van der Waals surface area contributed by atoms with Gasteiger partial charge in [-0.25, -0.2) is 0 Å². The fourth-order valence-corrected chi connectivity index (χ4v) is 2.09. The van der Waals surface area contributed by atoms with Crippen molar-refractivity contribution in [3.8, 4) is 0 Å². The van der Waals surface area contributed by atoms with Gasteiger partial charge in [0, 0.05) is 16.5 Å². The lowest BCUT2D eigenvalue weighted by Gasteiger charge is -2.10. The van der Waals surface area contributed by atoms with Crippen molar-refractivity contribution >= 4 is 34.2 Å². The first-order chi connectivity index (χ1) is 7.49. The van der Waals surface area contributed by atoms with E-state index in [9.17, 15) is 5.11 Å². The van der Waals surface area contributed by atoms with Crippen LogP contribution in [-0.4, -0.2) is 5.11 Å². The highest BCUT2D eigenvalue weighted by Crippen LogP contribution is 2.34. The fraction of sp³-hybridized carbons (Fsp3) is 0.333. The molecule has 2 nitrogen and oxygen atoms in total. The van der Waals surface area contributed by atoms with Crippen molar-refractivity contribution in [1.29, 1.82) is 0 Å². The maximum Gasteiger partial charge on any atom is 0.137 e. The number of fused-ring (bicyclic) bond motifs is 1. The molecule has 1 aromatic carbocycles. The smallest absolute Gasteiger partial charge is 0.137 e. The largest absolute Gasteiger partial charge is 0.458 e. The molecular weight excluding hydrogens is 247 g/mol. The normalized spacial score (nSPS) is 13.6. The summed E-state index contributed by atoms with van der Waals surface area (Å²) < 4.78 is 5.53. The molecule has 0 aliphatic rings. The Morgan fingerprint density at radius 2 is 1.88 bits per heavy atom. The highest BCUT2D eigenvalue weighted by atomic mass is 35.5. The zero-order valence-electron chi connectivity index (χ0n) is 9.00. The van der Waals surface area contributed by atoms with E-state index in [2.05, 4.69) is 0 Å². The second-order valence-corrected chi connectivity index (χ2v) is 4.98. The van der Waals surface area contributed by atoms with Gasteiger partial charge in [0.15, 0.2) is 0 Å². The third-order valence-corrected chi connectivity index (χ3v) is 3.02. The molecule has 1 unspecified atom stereocenters. The van der Waals surface area contributed by atoms with Crippen LogP contribution < -0.4 is 0 Å². The zero-order valence-corrected chi connectivity index (χ0v) is 10.5. The van der Waals surface area contributed by atoms with Crippen molar-refractivity contribution in [3.63, 3.8) is 0 Å². The monoisotopic (exact) mass is 258 g/mol. The van der Waals surface area contributed by atoms with E-state index in [0.717, 1.165) is 5.39 Å². The van der Waals surface area contributed by atoms with E-state index in [4.69, 9.17) is 27.6 Å². The molecule has 0 spiro atoms. The SMILES string of the molecule is CC(C)C(O)c1cc2c(Cl)cc(Cl)cc2o1. The first-order valence-corrected chi connectivity index (χ1v) is 5.81. The van der Waals surface area contributed by atoms with Gasteiger partial charge in [0.25, 0.3) is 0 Å². The number of halogens is 2. The molecule has 0 fully saturated rings. The van der Waals surface area contributed by atoms with Gasteiger partial charge in [0.05, 0.1) is 5.02 Å². The topological polar surface area (TPSA) is 33.4 Å². The Balaban J connectivity index is 2.56. The van der Waals surface area contributed by atoms with Gasteiger partial charge in [-0.1, -0.05) is 37.0 Å². The van der Waals surface area contributed by atoms with Gasteiger partial charge >= 0.3 is 0 Å². The van der Waals surface area contributed by atoms with Crippen LogP contribution >= 0.6 is 23.2 Å². The summed E-state index contributed by atoms with van der Waals surface area (Å²) in [5, 5.41) is 11.7. The van der Waals surface area contributed by atoms with E-state index >= 15 is 0 Å². The molecule has 0 saturated carbocycles. The van der Waals surface area contributed by atoms with E-state index < -0.39 is 6.10 Å². The Hall–Kier alpha value is -0.700. The average Bonchev–Trinajstić information content (AvgIpc) is 2.60. The Bertz CT molecular complexity index is 517. The highest BCUT2D eigenvalue weighted by molar-refractivity contribution is 6.38. The number of aliphatic hydroxyl groups is 1. The summed E-state index contributed by atoms with van der Waals surface area (Å²) in [6.45, 7) is 3.85. The van der Waals surface area contributed by atoms with Gasteiger partial charge in [-0.2, -0.15) is 0 Å². The lowest BCUT2D eigenvalue weighted by Crippen LogP contribution is -2.03. The molecule has 2 rings (SSSR count). The molecule has 1 aromatic heterocycles. The molecule has 0 bridgehead atoms. The number of hydrogen-bond donors (Lipinski definition) is 1. The summed E-state index contributed by atoms with van der Waals surface area (Å²) in [7, 11) is 0. The van der Waals surface area contributed by atoms with Crippen LogP contribution in [0.15, 0.2) is 22.6 Å². The molecule has 2 aromatic rings. The van der Waals surface area contributed by atoms with Crippen LogP contribution in [0.5, 0.6) is 0 Å². The Labute approximate surface area is 104 Å². The van der Waals surface area contributed by atoms with Crippen LogP contribution in [0.3, 0.4) is 0 Å². The molecule has 1 heterocycles. The predicted molar refractivity (Wildman–Crippen MR) is 66.0 cm³/mol. The van der Waals surface area contributed by atoms with Crippen LogP contribution in [0, 0.1) is 5.92 Å². The van der Waals surface area contributed by atoms with Gasteiger partial charge in [-0.05, 0) is 18.1 Å². The molecule has 0 aliphatic heterocycles. The number of aliphatic hydroxyl groups excluding tert-OH is 1. The van der Waals surface area contributed by atoms with Gasteiger partial charge in [0.1, 0.15) is 17.4 Å². The minimum absolute atomic E-state index is 0.0924. The van der Waals surface area contributed by atoms with Gasteiger partial charge in [-0.3, -0.25) is 0 Å². The van der Waals surface area contributed by atoms with Crippen LogP contribution in [0.4, 0.5) is 0 Å². The summed E-state index contributed by atoms with van der Waals surface area (Å²) in [6.07, 6.45) is -0.623. The van der Waals surface area contributed by atoms with Crippen LogP contribution in [-0.2, 0) is 0 Å². The minimum atomic E-state index is -0.623. The van der Waals surface area contributed by atoms with Crippen molar-refractivity contribution in [2.24, 2.45) is 5.92 Å². The Morgan fingerprint density at radius 1 is 1.19 bits per heavy atom. The number of hydrogen-bond acceptors (Lipinski definition) is 2. The predicted octanol–water partition coefficient (Wildman–Crippen LogP) is 4.43. The Kier molecular flexibility index (Phi) is 3.15. The van der Waals surface area contributed by atoms with Crippen molar-refractivity contribution in [3.05, 3.63) is 34.0 Å². The highest BCUT2D eigenvalue weighted by Gasteiger charge is 2.18. The van der Waals surface area contributed by atoms with Crippen molar-refractivity contribution in [2.75, 3.05) is 0 Å². The van der Waals surface area contributed by atoms with E-state index in [1.54, 1.807) is 18.2 Å². The first kappa shape index (κ1) is 11.8. The van der Waals surface area contributed by atoms with E-state index in [-0.39, 0.29) is 5.92 Å². The van der Waals surface area contributed by atoms with E-state index in [0.29, 0.717) is 21.4 Å². The second kappa shape index (κ2) is 4.28. The van der Waals surface area contributed by atoms with Crippen LogP contribution in [0.25, 0.3) is 11.0 Å². The summed E-state index contributed by atoms with van der Waals surface area (Å²) in [6, 6.07) is 5.12. The fourth-order valence-electron chi connectivity index (χ4n) is 1.56. The quantitative estimate of drug-likeness (QED) is 0.865. The first-order valence-electron chi connectivity index (χ1n) is 5.05. The average molecular weight is 259 g/mol. The van der Waals surface area contributed by atoms with Gasteiger partial charge in [-0.15, -0.1) is 0 Å². The van der Waals surface area contributed by atoms with Crippen molar-refractivity contribution in [1.82, 2.24) is 0 Å². The van der Waals surface area contributed by atoms with Gasteiger partial charge < -0.3 is 9.52 Å². The van der Waals surface area contributed by atoms with Crippen molar-refractivity contribution in [2.45, 2.75) is 20.0 Å². The minimum Gasteiger partial charge on any atom is -0.458 e. The third kappa shape index (κ3) is 2.05. The number of furan rings is 1. The van der Waals surface area contributed by atoms with E-state index in [1.807, 2.05) is 13.8 Å². The third-order valence-electron chi connectivity index (χ3n) is 2.49. The lowest BCUT2D eigenvalue weighted by molar-refractivity contribution is 0.104.